The number of benzene rings is 1. The highest BCUT2D eigenvalue weighted by atomic mass is 16.3. The SMILES string of the molecule is Nc1nnc(-c2ccccc2O)cc1N1C[C@H]2CC[C@@H](C1)N2c1ccnc(C#CCn2cccn2)n1. The number of rotatable bonds is 4. The highest BCUT2D eigenvalue weighted by Gasteiger charge is 2.41. The van der Waals surface area contributed by atoms with Gasteiger partial charge in [0.15, 0.2) is 5.82 Å². The first kappa shape index (κ1) is 21.9. The predicted molar refractivity (Wildman–Crippen MR) is 136 cm³/mol. The van der Waals surface area contributed by atoms with Crippen LogP contribution < -0.4 is 15.5 Å². The molecule has 2 aliphatic heterocycles. The molecule has 10 heteroatoms. The van der Waals surface area contributed by atoms with Gasteiger partial charge in [-0.1, -0.05) is 18.1 Å². The molecule has 2 saturated heterocycles. The first-order valence-corrected chi connectivity index (χ1v) is 11.9. The van der Waals surface area contributed by atoms with Crippen molar-refractivity contribution >= 4 is 17.3 Å². The Hall–Kier alpha value is -4.65. The molecule has 0 amide bonds. The maximum atomic E-state index is 10.3. The molecule has 5 heterocycles. The van der Waals surface area contributed by atoms with Gasteiger partial charge in [0.2, 0.25) is 5.82 Å². The third-order valence-electron chi connectivity index (χ3n) is 6.71. The van der Waals surface area contributed by atoms with Gasteiger partial charge in [-0.05, 0) is 49.1 Å². The van der Waals surface area contributed by atoms with Crippen LogP contribution in [0.15, 0.2) is 61.1 Å². The van der Waals surface area contributed by atoms with Crippen molar-refractivity contribution in [1.82, 2.24) is 29.9 Å². The molecule has 0 radical (unpaired) electrons. The largest absolute Gasteiger partial charge is 0.507 e. The molecule has 2 fully saturated rings. The molecule has 2 bridgehead atoms. The van der Waals surface area contributed by atoms with E-state index in [1.165, 1.54) is 0 Å². The van der Waals surface area contributed by atoms with Gasteiger partial charge in [-0.3, -0.25) is 4.68 Å². The zero-order valence-electron chi connectivity index (χ0n) is 19.6. The quantitative estimate of drug-likeness (QED) is 0.425. The lowest BCUT2D eigenvalue weighted by atomic mass is 10.1. The Morgan fingerprint density at radius 1 is 1.03 bits per heavy atom. The summed E-state index contributed by atoms with van der Waals surface area (Å²) in [4.78, 5) is 13.8. The summed E-state index contributed by atoms with van der Waals surface area (Å²) in [6, 6.07) is 13.4. The van der Waals surface area contributed by atoms with E-state index in [2.05, 4.69) is 41.9 Å². The van der Waals surface area contributed by atoms with Crippen molar-refractivity contribution in [3.63, 3.8) is 0 Å². The van der Waals surface area contributed by atoms with E-state index >= 15 is 0 Å². The molecule has 2 aliphatic rings. The van der Waals surface area contributed by atoms with Crippen LogP contribution in [-0.4, -0.2) is 60.2 Å². The summed E-state index contributed by atoms with van der Waals surface area (Å²) in [7, 11) is 0. The van der Waals surface area contributed by atoms with Gasteiger partial charge < -0.3 is 20.6 Å². The molecule has 0 saturated carbocycles. The smallest absolute Gasteiger partial charge is 0.206 e. The van der Waals surface area contributed by atoms with E-state index in [9.17, 15) is 5.11 Å². The number of fused-ring (bicyclic) bond motifs is 2. The molecular weight excluding hydrogens is 454 g/mol. The normalized spacial score (nSPS) is 18.7. The lowest BCUT2D eigenvalue weighted by Crippen LogP contribution is -2.54. The number of nitrogens with zero attached hydrogens (tertiary/aromatic N) is 8. The molecule has 6 rings (SSSR count). The fourth-order valence-corrected chi connectivity index (χ4v) is 5.09. The number of phenolic OH excluding ortho intramolecular Hbond substituents is 1. The molecule has 180 valence electrons. The second-order valence-electron chi connectivity index (χ2n) is 8.96. The maximum absolute atomic E-state index is 10.3. The number of para-hydroxylation sites is 1. The number of hydrogen-bond acceptors (Lipinski definition) is 9. The predicted octanol–water partition coefficient (Wildman–Crippen LogP) is 2.33. The minimum Gasteiger partial charge on any atom is -0.507 e. The van der Waals surface area contributed by atoms with Crippen LogP contribution in [0.1, 0.15) is 18.7 Å². The second-order valence-corrected chi connectivity index (χ2v) is 8.96. The standard InChI is InChI=1S/C26H25N9O/c27-26-22(15-21(31-32-26)20-5-1-2-6-23(20)36)33-16-18-8-9-19(17-33)35(18)25-10-12-28-24(30-25)7-3-13-34-14-4-11-29-34/h1-2,4-6,10-12,14-15,18-19,36H,8-9,13,16-17H2,(H2,27,32)/t18-,19+. The number of nitrogen functional groups attached to an aromatic ring is 1. The Morgan fingerprint density at radius 2 is 1.86 bits per heavy atom. The first-order chi connectivity index (χ1) is 17.7. The summed E-state index contributed by atoms with van der Waals surface area (Å²) in [5.41, 5.74) is 8.33. The molecule has 0 unspecified atom stereocenters. The molecule has 2 atom stereocenters. The topological polar surface area (TPSA) is 122 Å². The fraction of sp³-hybridized carbons (Fsp3) is 0.269. The molecular formula is C26H25N9O. The van der Waals surface area contributed by atoms with Crippen molar-refractivity contribution in [2.75, 3.05) is 28.6 Å². The van der Waals surface area contributed by atoms with Crippen molar-refractivity contribution in [2.45, 2.75) is 31.5 Å². The van der Waals surface area contributed by atoms with Crippen LogP contribution in [0, 0.1) is 11.8 Å². The van der Waals surface area contributed by atoms with Crippen LogP contribution in [0.3, 0.4) is 0 Å². The summed E-state index contributed by atoms with van der Waals surface area (Å²) < 4.78 is 1.76. The highest BCUT2D eigenvalue weighted by molar-refractivity contribution is 5.74. The third kappa shape index (κ3) is 4.15. The maximum Gasteiger partial charge on any atom is 0.206 e. The van der Waals surface area contributed by atoms with Crippen LogP contribution in [0.4, 0.5) is 17.3 Å². The van der Waals surface area contributed by atoms with E-state index in [0.717, 1.165) is 37.4 Å². The van der Waals surface area contributed by atoms with Gasteiger partial charge in [0.25, 0.3) is 0 Å². The summed E-state index contributed by atoms with van der Waals surface area (Å²) in [6.45, 7) is 2.07. The molecule has 3 aromatic heterocycles. The Balaban J connectivity index is 1.22. The summed E-state index contributed by atoms with van der Waals surface area (Å²) in [6.07, 6.45) is 7.51. The number of aromatic nitrogens is 6. The number of nitrogens with two attached hydrogens (primary N) is 1. The van der Waals surface area contributed by atoms with Crippen LogP contribution in [0.5, 0.6) is 5.75 Å². The molecule has 1 aromatic carbocycles. The lowest BCUT2D eigenvalue weighted by Gasteiger charge is -2.42. The van der Waals surface area contributed by atoms with Gasteiger partial charge in [0, 0.05) is 49.3 Å². The van der Waals surface area contributed by atoms with E-state index in [-0.39, 0.29) is 17.8 Å². The Kier molecular flexibility index (Phi) is 5.58. The Labute approximate surface area is 208 Å². The molecule has 0 aliphatic carbocycles. The van der Waals surface area contributed by atoms with Crippen molar-refractivity contribution in [3.05, 3.63) is 66.9 Å². The minimum atomic E-state index is 0.166. The van der Waals surface area contributed by atoms with Crippen molar-refractivity contribution < 1.29 is 5.11 Å². The highest BCUT2D eigenvalue weighted by Crippen LogP contribution is 2.38. The van der Waals surface area contributed by atoms with Gasteiger partial charge in [0.1, 0.15) is 18.1 Å². The van der Waals surface area contributed by atoms with Gasteiger partial charge in [-0.2, -0.15) is 5.10 Å². The number of piperazine rings is 1. The van der Waals surface area contributed by atoms with Crippen LogP contribution in [0.25, 0.3) is 11.3 Å². The average Bonchev–Trinajstić information content (AvgIpc) is 3.50. The number of hydrogen-bond donors (Lipinski definition) is 2. The van der Waals surface area contributed by atoms with Crippen molar-refractivity contribution in [3.8, 4) is 28.8 Å². The van der Waals surface area contributed by atoms with Crippen LogP contribution >= 0.6 is 0 Å². The molecule has 3 N–H and O–H groups in total. The summed E-state index contributed by atoms with van der Waals surface area (Å²) in [5.74, 6) is 8.11. The molecule has 0 spiro atoms. The van der Waals surface area contributed by atoms with Gasteiger partial charge in [0.05, 0.1) is 11.4 Å². The zero-order chi connectivity index (χ0) is 24.5. The monoisotopic (exact) mass is 479 g/mol. The Morgan fingerprint density at radius 3 is 2.64 bits per heavy atom. The van der Waals surface area contributed by atoms with Crippen LogP contribution in [-0.2, 0) is 6.54 Å². The number of phenols is 1. The summed E-state index contributed by atoms with van der Waals surface area (Å²) >= 11 is 0. The Bertz CT molecular complexity index is 1430. The first-order valence-electron chi connectivity index (χ1n) is 11.9. The van der Waals surface area contributed by atoms with Gasteiger partial charge in [-0.25, -0.2) is 9.97 Å². The van der Waals surface area contributed by atoms with E-state index in [4.69, 9.17) is 10.7 Å². The van der Waals surface area contributed by atoms with E-state index in [1.54, 1.807) is 29.2 Å². The van der Waals surface area contributed by atoms with Gasteiger partial charge in [-0.15, -0.1) is 10.2 Å². The second kappa shape index (κ2) is 9.19. The average molecular weight is 480 g/mol. The lowest BCUT2D eigenvalue weighted by molar-refractivity contribution is 0.477. The van der Waals surface area contributed by atoms with E-state index in [1.807, 2.05) is 36.5 Å². The molecule has 36 heavy (non-hydrogen) atoms. The van der Waals surface area contributed by atoms with Crippen molar-refractivity contribution in [1.29, 1.82) is 0 Å². The fourth-order valence-electron chi connectivity index (χ4n) is 5.09. The van der Waals surface area contributed by atoms with Crippen molar-refractivity contribution in [2.24, 2.45) is 0 Å². The van der Waals surface area contributed by atoms with E-state index < -0.39 is 0 Å². The molecule has 4 aromatic rings. The minimum absolute atomic E-state index is 0.166. The van der Waals surface area contributed by atoms with E-state index in [0.29, 0.717) is 29.4 Å². The molecule has 10 nitrogen and oxygen atoms in total. The van der Waals surface area contributed by atoms with Crippen LogP contribution in [0.2, 0.25) is 0 Å². The zero-order valence-corrected chi connectivity index (χ0v) is 19.6. The van der Waals surface area contributed by atoms with Gasteiger partial charge >= 0.3 is 0 Å². The number of aromatic hydroxyl groups is 1. The summed E-state index contributed by atoms with van der Waals surface area (Å²) in [5, 5.41) is 22.9. The number of anilines is 3. The third-order valence-corrected chi connectivity index (χ3v) is 6.71.